The summed E-state index contributed by atoms with van der Waals surface area (Å²) in [6.45, 7) is 0.411. The Bertz CT molecular complexity index is 678. The van der Waals surface area contributed by atoms with Gasteiger partial charge in [-0.1, -0.05) is 0 Å². The highest BCUT2D eigenvalue weighted by Crippen LogP contribution is 2.24. The molecule has 1 amide bonds. The Morgan fingerprint density at radius 1 is 1.18 bits per heavy atom. The van der Waals surface area contributed by atoms with E-state index >= 15 is 0 Å². The van der Waals surface area contributed by atoms with E-state index in [1.54, 1.807) is 29.9 Å². The minimum atomic E-state index is -0.144. The number of hydrogen-bond acceptors (Lipinski definition) is 4. The number of furan rings is 2. The maximum atomic E-state index is 11.9. The zero-order valence-electron chi connectivity index (χ0n) is 11.8. The van der Waals surface area contributed by atoms with Crippen LogP contribution >= 0.6 is 11.3 Å². The summed E-state index contributed by atoms with van der Waals surface area (Å²) in [6, 6.07) is 9.36. The molecule has 0 bridgehead atoms. The molecular formula is C17H15NO3S. The summed E-state index contributed by atoms with van der Waals surface area (Å²) < 4.78 is 10.9. The number of amides is 1. The summed E-state index contributed by atoms with van der Waals surface area (Å²) in [5.41, 5.74) is 1.02. The van der Waals surface area contributed by atoms with E-state index in [4.69, 9.17) is 8.83 Å². The van der Waals surface area contributed by atoms with Gasteiger partial charge < -0.3 is 14.2 Å². The van der Waals surface area contributed by atoms with Gasteiger partial charge in [0.1, 0.15) is 11.5 Å². The first-order valence-electron chi connectivity index (χ1n) is 6.88. The van der Waals surface area contributed by atoms with Crippen LogP contribution in [0.2, 0.25) is 0 Å². The fourth-order valence-electron chi connectivity index (χ4n) is 2.12. The number of carbonyl (C=O) groups excluding carboxylic acids is 1. The Labute approximate surface area is 132 Å². The standard InChI is InChI=1S/C17H15NO3S/c19-17(6-5-13-7-10-22-12-13)18-11-14(15-3-1-8-20-15)16-4-2-9-21-16/h1-10,12,14H,11H2,(H,18,19)/b6-5+. The molecule has 3 heterocycles. The van der Waals surface area contributed by atoms with E-state index in [9.17, 15) is 4.79 Å². The van der Waals surface area contributed by atoms with Crippen molar-refractivity contribution in [3.63, 3.8) is 0 Å². The Morgan fingerprint density at radius 2 is 1.91 bits per heavy atom. The van der Waals surface area contributed by atoms with Crippen molar-refractivity contribution in [2.75, 3.05) is 6.54 Å². The van der Waals surface area contributed by atoms with Crippen LogP contribution in [0.3, 0.4) is 0 Å². The lowest BCUT2D eigenvalue weighted by Crippen LogP contribution is -2.27. The van der Waals surface area contributed by atoms with Crippen molar-refractivity contribution in [1.29, 1.82) is 0 Å². The molecule has 0 spiro atoms. The molecular weight excluding hydrogens is 298 g/mol. The third kappa shape index (κ3) is 3.56. The first-order chi connectivity index (χ1) is 10.8. The smallest absolute Gasteiger partial charge is 0.244 e. The summed E-state index contributed by atoms with van der Waals surface area (Å²) >= 11 is 1.60. The molecule has 1 N–H and O–H groups in total. The van der Waals surface area contributed by atoms with Crippen LogP contribution in [-0.2, 0) is 4.79 Å². The average molecular weight is 313 g/mol. The predicted molar refractivity (Wildman–Crippen MR) is 85.6 cm³/mol. The highest BCUT2D eigenvalue weighted by atomic mass is 32.1. The second kappa shape index (κ2) is 6.95. The van der Waals surface area contributed by atoms with Gasteiger partial charge >= 0.3 is 0 Å². The van der Waals surface area contributed by atoms with Gasteiger partial charge in [0.2, 0.25) is 5.91 Å². The van der Waals surface area contributed by atoms with Gasteiger partial charge in [0.15, 0.2) is 0 Å². The van der Waals surface area contributed by atoms with Gasteiger partial charge in [-0.05, 0) is 52.7 Å². The van der Waals surface area contributed by atoms with Gasteiger partial charge in [-0.2, -0.15) is 11.3 Å². The molecule has 0 aliphatic carbocycles. The SMILES string of the molecule is O=C(/C=C/c1ccsc1)NCC(c1ccco1)c1ccco1. The van der Waals surface area contributed by atoms with Crippen molar-refractivity contribution in [2.24, 2.45) is 0 Å². The zero-order chi connectivity index (χ0) is 15.2. The van der Waals surface area contributed by atoms with Crippen LogP contribution in [0.1, 0.15) is 23.0 Å². The minimum Gasteiger partial charge on any atom is -0.469 e. The summed E-state index contributed by atoms with van der Waals surface area (Å²) in [6.07, 6.45) is 6.55. The lowest BCUT2D eigenvalue weighted by atomic mass is 10.0. The van der Waals surface area contributed by atoms with Gasteiger partial charge in [0.25, 0.3) is 0 Å². The molecule has 0 radical (unpaired) electrons. The molecule has 0 aromatic carbocycles. The maximum absolute atomic E-state index is 11.9. The molecule has 3 aromatic rings. The molecule has 0 saturated heterocycles. The van der Waals surface area contributed by atoms with Crippen molar-refractivity contribution < 1.29 is 13.6 Å². The number of carbonyl (C=O) groups is 1. The van der Waals surface area contributed by atoms with Gasteiger partial charge in [-0.3, -0.25) is 4.79 Å². The molecule has 3 aromatic heterocycles. The molecule has 0 unspecified atom stereocenters. The Kier molecular flexibility index (Phi) is 4.56. The summed E-state index contributed by atoms with van der Waals surface area (Å²) in [5.74, 6) is 1.24. The number of hydrogen-bond donors (Lipinski definition) is 1. The van der Waals surface area contributed by atoms with Crippen LogP contribution in [0.4, 0.5) is 0 Å². The highest BCUT2D eigenvalue weighted by molar-refractivity contribution is 7.08. The Morgan fingerprint density at radius 3 is 2.45 bits per heavy atom. The number of rotatable bonds is 6. The minimum absolute atomic E-state index is 0.136. The van der Waals surface area contributed by atoms with E-state index < -0.39 is 0 Å². The van der Waals surface area contributed by atoms with Gasteiger partial charge in [0, 0.05) is 12.6 Å². The third-order valence-electron chi connectivity index (χ3n) is 3.22. The molecule has 0 aliphatic rings. The van der Waals surface area contributed by atoms with Crippen molar-refractivity contribution in [2.45, 2.75) is 5.92 Å². The summed E-state index contributed by atoms with van der Waals surface area (Å²) in [5, 5.41) is 6.84. The lowest BCUT2D eigenvalue weighted by Gasteiger charge is -2.12. The molecule has 0 fully saturated rings. The topological polar surface area (TPSA) is 55.4 Å². The van der Waals surface area contributed by atoms with Crippen LogP contribution in [0.5, 0.6) is 0 Å². The molecule has 0 saturated carbocycles. The number of nitrogens with one attached hydrogen (secondary N) is 1. The van der Waals surface area contributed by atoms with E-state index in [1.165, 1.54) is 6.08 Å². The van der Waals surface area contributed by atoms with Crippen LogP contribution in [0.15, 0.2) is 68.5 Å². The van der Waals surface area contributed by atoms with E-state index in [-0.39, 0.29) is 11.8 Å². The van der Waals surface area contributed by atoms with Crippen LogP contribution in [0.25, 0.3) is 6.08 Å². The first kappa shape index (κ1) is 14.4. The molecule has 112 valence electrons. The second-order valence-corrected chi connectivity index (χ2v) is 5.50. The Hall–Kier alpha value is -2.53. The molecule has 0 aliphatic heterocycles. The van der Waals surface area contributed by atoms with E-state index in [0.29, 0.717) is 6.54 Å². The normalized spacial score (nSPS) is 11.3. The first-order valence-corrected chi connectivity index (χ1v) is 7.82. The molecule has 0 atom stereocenters. The van der Waals surface area contributed by atoms with Crippen molar-refractivity contribution in [3.8, 4) is 0 Å². The van der Waals surface area contributed by atoms with Crippen LogP contribution in [0, 0.1) is 0 Å². The fraction of sp³-hybridized carbons (Fsp3) is 0.118. The van der Waals surface area contributed by atoms with Crippen molar-refractivity contribution in [3.05, 3.63) is 76.8 Å². The molecule has 5 heteroatoms. The van der Waals surface area contributed by atoms with Gasteiger partial charge in [-0.15, -0.1) is 0 Å². The monoisotopic (exact) mass is 313 g/mol. The molecule has 4 nitrogen and oxygen atoms in total. The summed E-state index contributed by atoms with van der Waals surface area (Å²) in [4.78, 5) is 11.9. The van der Waals surface area contributed by atoms with Crippen molar-refractivity contribution >= 4 is 23.3 Å². The van der Waals surface area contributed by atoms with Crippen molar-refractivity contribution in [1.82, 2.24) is 5.32 Å². The third-order valence-corrected chi connectivity index (χ3v) is 3.93. The molecule has 3 rings (SSSR count). The lowest BCUT2D eigenvalue weighted by molar-refractivity contribution is -0.116. The van der Waals surface area contributed by atoms with Crippen LogP contribution < -0.4 is 5.32 Å². The quantitative estimate of drug-likeness (QED) is 0.702. The largest absolute Gasteiger partial charge is 0.469 e. The van der Waals surface area contributed by atoms with Crippen LogP contribution in [-0.4, -0.2) is 12.5 Å². The highest BCUT2D eigenvalue weighted by Gasteiger charge is 2.20. The number of thiophene rings is 1. The Balaban J connectivity index is 1.63. The summed E-state index contributed by atoms with van der Waals surface area (Å²) in [7, 11) is 0. The second-order valence-electron chi connectivity index (χ2n) is 4.72. The van der Waals surface area contributed by atoms with Gasteiger partial charge in [0.05, 0.1) is 18.4 Å². The fourth-order valence-corrected chi connectivity index (χ4v) is 2.75. The van der Waals surface area contributed by atoms with Gasteiger partial charge in [-0.25, -0.2) is 0 Å². The molecule has 22 heavy (non-hydrogen) atoms. The average Bonchev–Trinajstić information content (AvgIpc) is 3.27. The maximum Gasteiger partial charge on any atom is 0.244 e. The zero-order valence-corrected chi connectivity index (χ0v) is 12.6. The van der Waals surface area contributed by atoms with E-state index in [1.807, 2.05) is 41.1 Å². The predicted octanol–water partition coefficient (Wildman–Crippen LogP) is 3.90. The van der Waals surface area contributed by atoms with E-state index in [2.05, 4.69) is 5.32 Å². The van der Waals surface area contributed by atoms with E-state index in [0.717, 1.165) is 17.1 Å².